The monoisotopic (exact) mass is 258 g/mol. The Morgan fingerprint density at radius 2 is 1.80 bits per heavy atom. The van der Waals surface area contributed by atoms with Gasteiger partial charge in [0.05, 0.1) is 0 Å². The van der Waals surface area contributed by atoms with Crippen LogP contribution in [-0.2, 0) is 6.42 Å². The van der Waals surface area contributed by atoms with Gasteiger partial charge in [-0.25, -0.2) is 0 Å². The summed E-state index contributed by atoms with van der Waals surface area (Å²) in [4.78, 5) is 4.22. The molecule has 2 aromatic carbocycles. The number of rotatable bonds is 1. The molecule has 2 N–H and O–H groups in total. The minimum Gasteiger partial charge on any atom is -0.398 e. The number of anilines is 1. The average Bonchev–Trinajstić information content (AvgIpc) is 2.86. The Morgan fingerprint density at radius 3 is 2.65 bits per heavy atom. The summed E-state index contributed by atoms with van der Waals surface area (Å²) in [6, 6.07) is 16.7. The van der Waals surface area contributed by atoms with Crippen molar-refractivity contribution in [1.29, 1.82) is 0 Å². The summed E-state index contributed by atoms with van der Waals surface area (Å²) < 4.78 is 0. The van der Waals surface area contributed by atoms with E-state index in [4.69, 9.17) is 5.73 Å². The van der Waals surface area contributed by atoms with Crippen molar-refractivity contribution in [3.63, 3.8) is 0 Å². The van der Waals surface area contributed by atoms with E-state index in [-0.39, 0.29) is 0 Å². The minimum absolute atomic E-state index is 0.824. The first-order valence-electron chi connectivity index (χ1n) is 6.74. The molecule has 0 unspecified atom stereocenters. The van der Waals surface area contributed by atoms with Gasteiger partial charge in [0, 0.05) is 29.2 Å². The zero-order valence-electron chi connectivity index (χ0n) is 11.0. The van der Waals surface area contributed by atoms with Crippen LogP contribution in [0.15, 0.2) is 60.9 Å². The van der Waals surface area contributed by atoms with Crippen LogP contribution in [0, 0.1) is 0 Å². The van der Waals surface area contributed by atoms with Crippen molar-refractivity contribution in [3.8, 4) is 22.3 Å². The fourth-order valence-electron chi connectivity index (χ4n) is 3.08. The van der Waals surface area contributed by atoms with Gasteiger partial charge in [-0.15, -0.1) is 0 Å². The lowest BCUT2D eigenvalue weighted by Crippen LogP contribution is -1.95. The van der Waals surface area contributed by atoms with Crippen molar-refractivity contribution < 1.29 is 0 Å². The zero-order valence-corrected chi connectivity index (χ0v) is 11.0. The van der Waals surface area contributed by atoms with E-state index >= 15 is 0 Å². The molecule has 0 fully saturated rings. The van der Waals surface area contributed by atoms with Gasteiger partial charge in [0.25, 0.3) is 0 Å². The molecule has 0 amide bonds. The predicted octanol–water partition coefficient (Wildman–Crippen LogP) is 3.90. The third kappa shape index (κ3) is 1.55. The van der Waals surface area contributed by atoms with Gasteiger partial charge in [0.15, 0.2) is 0 Å². The lowest BCUT2D eigenvalue weighted by molar-refractivity contribution is 1.25. The molecule has 1 aromatic heterocycles. The zero-order chi connectivity index (χ0) is 13.5. The molecule has 1 aliphatic rings. The minimum atomic E-state index is 0.824. The van der Waals surface area contributed by atoms with Crippen LogP contribution in [0.4, 0.5) is 5.69 Å². The van der Waals surface area contributed by atoms with Crippen molar-refractivity contribution in [1.82, 2.24) is 4.98 Å². The third-order valence-corrected chi connectivity index (χ3v) is 3.97. The van der Waals surface area contributed by atoms with Crippen LogP contribution in [-0.4, -0.2) is 4.98 Å². The highest BCUT2D eigenvalue weighted by molar-refractivity contribution is 5.90. The number of pyridine rings is 1. The molecule has 1 heterocycles. The topological polar surface area (TPSA) is 38.9 Å². The molecule has 2 nitrogen and oxygen atoms in total. The second-order valence-electron chi connectivity index (χ2n) is 5.13. The van der Waals surface area contributed by atoms with Crippen molar-refractivity contribution in [2.24, 2.45) is 0 Å². The van der Waals surface area contributed by atoms with E-state index < -0.39 is 0 Å². The summed E-state index contributed by atoms with van der Waals surface area (Å²) in [6.07, 6.45) is 4.62. The average molecular weight is 258 g/mol. The first-order valence-corrected chi connectivity index (χ1v) is 6.74. The van der Waals surface area contributed by atoms with Gasteiger partial charge in [-0.2, -0.15) is 0 Å². The van der Waals surface area contributed by atoms with E-state index in [1.807, 2.05) is 18.3 Å². The van der Waals surface area contributed by atoms with Gasteiger partial charge in [-0.1, -0.05) is 36.4 Å². The van der Waals surface area contributed by atoms with E-state index in [1.54, 1.807) is 6.20 Å². The van der Waals surface area contributed by atoms with Crippen molar-refractivity contribution in [2.45, 2.75) is 6.42 Å². The standard InChI is InChI=1S/C18H14N2/c19-17-8-7-15-14-6-2-1-4-12(14)10-16(15)18(17)13-5-3-9-20-11-13/h1-9,11H,10,19H2. The van der Waals surface area contributed by atoms with E-state index in [0.29, 0.717) is 0 Å². The second-order valence-corrected chi connectivity index (χ2v) is 5.13. The predicted molar refractivity (Wildman–Crippen MR) is 82.3 cm³/mol. The summed E-state index contributed by atoms with van der Waals surface area (Å²) >= 11 is 0. The summed E-state index contributed by atoms with van der Waals surface area (Å²) in [5, 5.41) is 0. The number of nitrogens with two attached hydrogens (primary N) is 1. The highest BCUT2D eigenvalue weighted by Gasteiger charge is 2.22. The van der Waals surface area contributed by atoms with Crippen LogP contribution < -0.4 is 5.73 Å². The van der Waals surface area contributed by atoms with Gasteiger partial charge in [-0.3, -0.25) is 4.98 Å². The second kappa shape index (κ2) is 4.20. The molecule has 20 heavy (non-hydrogen) atoms. The van der Waals surface area contributed by atoms with Crippen LogP contribution in [0.5, 0.6) is 0 Å². The molecule has 1 aliphatic carbocycles. The lowest BCUT2D eigenvalue weighted by Gasteiger charge is -2.12. The summed E-state index contributed by atoms with van der Waals surface area (Å²) in [5.74, 6) is 0. The summed E-state index contributed by atoms with van der Waals surface area (Å²) in [6.45, 7) is 0. The largest absolute Gasteiger partial charge is 0.398 e. The quantitative estimate of drug-likeness (QED) is 0.526. The lowest BCUT2D eigenvalue weighted by atomic mass is 9.95. The maximum absolute atomic E-state index is 6.23. The van der Waals surface area contributed by atoms with Crippen molar-refractivity contribution in [2.75, 3.05) is 5.73 Å². The fraction of sp³-hybridized carbons (Fsp3) is 0.0556. The van der Waals surface area contributed by atoms with E-state index in [0.717, 1.165) is 23.2 Å². The van der Waals surface area contributed by atoms with E-state index in [2.05, 4.69) is 41.4 Å². The van der Waals surface area contributed by atoms with Crippen molar-refractivity contribution in [3.05, 3.63) is 72.1 Å². The highest BCUT2D eigenvalue weighted by Crippen LogP contribution is 2.43. The molecule has 96 valence electrons. The molecular formula is C18H14N2. The normalized spacial score (nSPS) is 12.0. The van der Waals surface area contributed by atoms with Crippen LogP contribution in [0.25, 0.3) is 22.3 Å². The van der Waals surface area contributed by atoms with Gasteiger partial charge in [-0.05, 0) is 40.8 Å². The summed E-state index contributed by atoms with van der Waals surface area (Å²) in [7, 11) is 0. The third-order valence-electron chi connectivity index (χ3n) is 3.97. The summed E-state index contributed by atoms with van der Waals surface area (Å²) in [5.41, 5.74) is 14.6. The Labute approximate surface area is 117 Å². The number of fused-ring (bicyclic) bond motifs is 3. The molecule has 2 heteroatoms. The van der Waals surface area contributed by atoms with E-state index in [1.165, 1.54) is 22.3 Å². The molecule has 3 aromatic rings. The molecule has 0 saturated heterocycles. The van der Waals surface area contributed by atoms with Crippen LogP contribution in [0.2, 0.25) is 0 Å². The van der Waals surface area contributed by atoms with Crippen LogP contribution in [0.3, 0.4) is 0 Å². The Morgan fingerprint density at radius 1 is 0.900 bits per heavy atom. The Balaban J connectivity index is 2.00. The smallest absolute Gasteiger partial charge is 0.0397 e. The van der Waals surface area contributed by atoms with Gasteiger partial charge in [0.2, 0.25) is 0 Å². The molecule has 0 spiro atoms. The molecule has 0 atom stereocenters. The van der Waals surface area contributed by atoms with E-state index in [9.17, 15) is 0 Å². The molecule has 0 radical (unpaired) electrons. The fourth-order valence-corrected chi connectivity index (χ4v) is 3.08. The number of benzene rings is 2. The number of aromatic nitrogens is 1. The molecule has 4 rings (SSSR count). The Hall–Kier alpha value is -2.61. The van der Waals surface area contributed by atoms with Crippen LogP contribution in [0.1, 0.15) is 11.1 Å². The maximum atomic E-state index is 6.23. The molecule has 0 bridgehead atoms. The van der Waals surface area contributed by atoms with Crippen molar-refractivity contribution >= 4 is 5.69 Å². The van der Waals surface area contributed by atoms with Gasteiger partial charge < -0.3 is 5.73 Å². The molecule has 0 saturated carbocycles. The number of hydrogen-bond acceptors (Lipinski definition) is 2. The Bertz CT molecular complexity index is 792. The molecule has 0 aliphatic heterocycles. The SMILES string of the molecule is Nc1ccc2c(c1-c1cccnc1)Cc1ccccc1-2. The van der Waals surface area contributed by atoms with Gasteiger partial charge >= 0.3 is 0 Å². The number of nitrogens with zero attached hydrogens (tertiary/aromatic N) is 1. The number of nitrogen functional groups attached to an aromatic ring is 1. The first kappa shape index (κ1) is 11.2. The van der Waals surface area contributed by atoms with Gasteiger partial charge in [0.1, 0.15) is 0 Å². The highest BCUT2D eigenvalue weighted by atomic mass is 14.6. The first-order chi connectivity index (χ1) is 9.84. The Kier molecular flexibility index (Phi) is 2.36. The molecular weight excluding hydrogens is 244 g/mol. The number of hydrogen-bond donors (Lipinski definition) is 1. The maximum Gasteiger partial charge on any atom is 0.0397 e. The van der Waals surface area contributed by atoms with Crippen LogP contribution >= 0.6 is 0 Å².